The fraction of sp³-hybridized carbons (Fsp3) is 0.250. The van der Waals surface area contributed by atoms with Crippen LogP contribution in [0.2, 0.25) is 5.15 Å². The highest BCUT2D eigenvalue weighted by Gasteiger charge is 2.07. The van der Waals surface area contributed by atoms with Gasteiger partial charge in [0, 0.05) is 10.9 Å². The first-order chi connectivity index (χ1) is 7.61. The Balaban J connectivity index is 2.73. The molecule has 0 unspecified atom stereocenters. The summed E-state index contributed by atoms with van der Waals surface area (Å²) in [7, 11) is 0. The van der Waals surface area contributed by atoms with Gasteiger partial charge in [-0.2, -0.15) is 4.91 Å². The average Bonchev–Trinajstić information content (AvgIpc) is 2.20. The Kier molecular flexibility index (Phi) is 2.88. The van der Waals surface area contributed by atoms with Crippen LogP contribution in [0.25, 0.3) is 10.9 Å². The van der Waals surface area contributed by atoms with Gasteiger partial charge in [-0.3, -0.25) is 0 Å². The average molecular weight is 235 g/mol. The van der Waals surface area contributed by atoms with Crippen molar-refractivity contribution in [2.24, 2.45) is 5.18 Å². The van der Waals surface area contributed by atoms with Gasteiger partial charge in [-0.15, -0.1) is 0 Å². The van der Waals surface area contributed by atoms with Crippen LogP contribution >= 0.6 is 11.6 Å². The number of halogens is 1. The third-order valence-electron chi connectivity index (χ3n) is 2.55. The molecule has 4 heteroatoms. The van der Waals surface area contributed by atoms with Crippen molar-refractivity contribution in [1.29, 1.82) is 0 Å². The van der Waals surface area contributed by atoms with Gasteiger partial charge in [-0.05, 0) is 37.1 Å². The van der Waals surface area contributed by atoms with E-state index in [1.807, 2.05) is 26.0 Å². The first-order valence-corrected chi connectivity index (χ1v) is 5.35. The first-order valence-electron chi connectivity index (χ1n) is 4.97. The van der Waals surface area contributed by atoms with Crippen LogP contribution in [0, 0.1) is 18.8 Å². The summed E-state index contributed by atoms with van der Waals surface area (Å²) in [6.07, 6.45) is 0. The molecule has 2 rings (SSSR count). The van der Waals surface area contributed by atoms with Gasteiger partial charge in [0.15, 0.2) is 0 Å². The number of hydrogen-bond donors (Lipinski definition) is 0. The van der Waals surface area contributed by atoms with Crippen molar-refractivity contribution in [2.45, 2.75) is 20.4 Å². The number of rotatable bonds is 2. The third kappa shape index (κ3) is 1.91. The predicted molar refractivity (Wildman–Crippen MR) is 65.7 cm³/mol. The van der Waals surface area contributed by atoms with Crippen LogP contribution in [0.5, 0.6) is 0 Å². The number of nitroso groups, excluding NO2 is 1. The maximum Gasteiger partial charge on any atom is 0.134 e. The van der Waals surface area contributed by atoms with Gasteiger partial charge in [0.25, 0.3) is 0 Å². The van der Waals surface area contributed by atoms with E-state index in [0.717, 1.165) is 22.0 Å². The molecule has 0 aliphatic carbocycles. The van der Waals surface area contributed by atoms with Crippen LogP contribution < -0.4 is 0 Å². The topological polar surface area (TPSA) is 42.3 Å². The number of aryl methyl sites for hydroxylation is 2. The van der Waals surface area contributed by atoms with Crippen molar-refractivity contribution >= 4 is 22.5 Å². The Morgan fingerprint density at radius 3 is 2.75 bits per heavy atom. The van der Waals surface area contributed by atoms with E-state index in [1.54, 1.807) is 0 Å². The van der Waals surface area contributed by atoms with Gasteiger partial charge in [0.1, 0.15) is 11.7 Å². The number of nitrogens with zero attached hydrogens (tertiary/aromatic N) is 2. The molecule has 0 atom stereocenters. The van der Waals surface area contributed by atoms with E-state index in [1.165, 1.54) is 0 Å². The lowest BCUT2D eigenvalue weighted by atomic mass is 10.0. The molecule has 0 N–H and O–H groups in total. The third-order valence-corrected chi connectivity index (χ3v) is 2.87. The van der Waals surface area contributed by atoms with Crippen LogP contribution in [0.1, 0.15) is 16.7 Å². The van der Waals surface area contributed by atoms with Gasteiger partial charge in [-0.25, -0.2) is 4.98 Å². The lowest BCUT2D eigenvalue weighted by molar-refractivity contribution is 1.04. The second-order valence-electron chi connectivity index (χ2n) is 3.87. The molecule has 1 aromatic heterocycles. The number of aromatic nitrogens is 1. The van der Waals surface area contributed by atoms with Crippen molar-refractivity contribution in [1.82, 2.24) is 4.98 Å². The smallest absolute Gasteiger partial charge is 0.134 e. The molecular weight excluding hydrogens is 224 g/mol. The van der Waals surface area contributed by atoms with Gasteiger partial charge in [0.05, 0.1) is 5.52 Å². The van der Waals surface area contributed by atoms with Gasteiger partial charge in [0.2, 0.25) is 0 Å². The molecule has 0 amide bonds. The molecule has 2 aromatic rings. The van der Waals surface area contributed by atoms with E-state index in [0.29, 0.717) is 10.7 Å². The van der Waals surface area contributed by atoms with E-state index in [-0.39, 0.29) is 6.54 Å². The second-order valence-corrected chi connectivity index (χ2v) is 4.23. The van der Waals surface area contributed by atoms with E-state index in [9.17, 15) is 4.91 Å². The molecule has 0 saturated heterocycles. The fourth-order valence-electron chi connectivity index (χ4n) is 1.83. The Labute approximate surface area is 98.4 Å². The molecule has 0 aliphatic rings. The van der Waals surface area contributed by atoms with Crippen molar-refractivity contribution in [3.8, 4) is 0 Å². The number of pyridine rings is 1. The molecule has 82 valence electrons. The van der Waals surface area contributed by atoms with E-state index in [2.05, 4.69) is 16.2 Å². The summed E-state index contributed by atoms with van der Waals surface area (Å²) < 4.78 is 0. The molecule has 0 fully saturated rings. The Morgan fingerprint density at radius 2 is 2.06 bits per heavy atom. The van der Waals surface area contributed by atoms with E-state index in [4.69, 9.17) is 11.6 Å². The highest BCUT2D eigenvalue weighted by atomic mass is 35.5. The lowest BCUT2D eigenvalue weighted by Crippen LogP contribution is -1.91. The number of benzene rings is 1. The molecule has 0 bridgehead atoms. The fourth-order valence-corrected chi connectivity index (χ4v) is 2.03. The largest absolute Gasteiger partial charge is 0.236 e. The van der Waals surface area contributed by atoms with E-state index >= 15 is 0 Å². The molecule has 0 spiro atoms. The molecule has 0 aliphatic heterocycles. The monoisotopic (exact) mass is 234 g/mol. The van der Waals surface area contributed by atoms with Crippen LogP contribution in [0.15, 0.2) is 23.4 Å². The molecule has 0 saturated carbocycles. The Morgan fingerprint density at radius 1 is 1.31 bits per heavy atom. The summed E-state index contributed by atoms with van der Waals surface area (Å²) in [5.41, 5.74) is 3.81. The zero-order chi connectivity index (χ0) is 11.7. The minimum Gasteiger partial charge on any atom is -0.236 e. The van der Waals surface area contributed by atoms with Crippen LogP contribution in [0.3, 0.4) is 0 Å². The van der Waals surface area contributed by atoms with Crippen molar-refractivity contribution in [2.75, 3.05) is 0 Å². The number of hydrogen-bond acceptors (Lipinski definition) is 3. The first kappa shape index (κ1) is 11.0. The second kappa shape index (κ2) is 4.18. The zero-order valence-corrected chi connectivity index (χ0v) is 9.88. The number of fused-ring (bicyclic) bond motifs is 1. The highest BCUT2D eigenvalue weighted by Crippen LogP contribution is 2.24. The summed E-state index contributed by atoms with van der Waals surface area (Å²) in [5, 5.41) is 4.23. The summed E-state index contributed by atoms with van der Waals surface area (Å²) in [6, 6.07) is 5.95. The van der Waals surface area contributed by atoms with Crippen LogP contribution in [-0.2, 0) is 6.54 Å². The standard InChI is InChI=1S/C12H11ClN2O/c1-7-3-8(2)10-5-9(6-14-16)12(13)15-11(10)4-7/h3-5H,6H2,1-2H3. The molecule has 0 radical (unpaired) electrons. The molecular formula is C12H11ClN2O. The minimum absolute atomic E-state index is 0.0646. The lowest BCUT2D eigenvalue weighted by Gasteiger charge is -2.06. The Bertz CT molecular complexity index is 566. The maximum absolute atomic E-state index is 10.3. The van der Waals surface area contributed by atoms with Crippen LogP contribution in [0.4, 0.5) is 0 Å². The van der Waals surface area contributed by atoms with Crippen LogP contribution in [-0.4, -0.2) is 4.98 Å². The van der Waals surface area contributed by atoms with Crippen molar-refractivity contribution in [3.63, 3.8) is 0 Å². The summed E-state index contributed by atoms with van der Waals surface area (Å²) in [6.45, 7) is 4.10. The quantitative estimate of drug-likeness (QED) is 0.586. The van der Waals surface area contributed by atoms with E-state index < -0.39 is 0 Å². The minimum atomic E-state index is 0.0646. The molecule has 3 nitrogen and oxygen atoms in total. The zero-order valence-electron chi connectivity index (χ0n) is 9.12. The van der Waals surface area contributed by atoms with Gasteiger partial charge < -0.3 is 0 Å². The van der Waals surface area contributed by atoms with Crippen molar-refractivity contribution < 1.29 is 0 Å². The SMILES string of the molecule is Cc1cc(C)c2cc(CN=O)c(Cl)nc2c1. The summed E-state index contributed by atoms with van der Waals surface area (Å²) in [4.78, 5) is 14.5. The molecule has 1 aromatic carbocycles. The highest BCUT2D eigenvalue weighted by molar-refractivity contribution is 6.30. The van der Waals surface area contributed by atoms with Gasteiger partial charge in [-0.1, -0.05) is 22.8 Å². The summed E-state index contributed by atoms with van der Waals surface area (Å²) >= 11 is 5.98. The molecule has 16 heavy (non-hydrogen) atoms. The normalized spacial score (nSPS) is 10.7. The molecule has 1 heterocycles. The van der Waals surface area contributed by atoms with Crippen molar-refractivity contribution in [3.05, 3.63) is 44.9 Å². The Hall–Kier alpha value is -1.48. The maximum atomic E-state index is 10.3. The van der Waals surface area contributed by atoms with Gasteiger partial charge >= 0.3 is 0 Å². The predicted octanol–water partition coefficient (Wildman–Crippen LogP) is 3.77. The summed E-state index contributed by atoms with van der Waals surface area (Å²) in [5.74, 6) is 0.